The minimum Gasteiger partial charge on any atom is -0.432 e. The minimum absolute atomic E-state index is 0.293. The van der Waals surface area contributed by atoms with Crippen molar-refractivity contribution in [1.29, 1.82) is 0 Å². The summed E-state index contributed by atoms with van der Waals surface area (Å²) in [5.74, 6) is 0.413. The molecule has 0 bridgehead atoms. The third-order valence-electron chi connectivity index (χ3n) is 4.50. The van der Waals surface area contributed by atoms with E-state index in [0.29, 0.717) is 37.6 Å². The number of nitrogens with zero attached hydrogens (tertiary/aromatic N) is 2. The van der Waals surface area contributed by atoms with Crippen molar-refractivity contribution in [3.05, 3.63) is 12.2 Å². The number of halogens is 3. The average Bonchev–Trinajstić information content (AvgIpc) is 2.55. The lowest BCUT2D eigenvalue weighted by molar-refractivity contribution is -0.243. The Labute approximate surface area is 158 Å². The largest absolute Gasteiger partial charge is 0.434 e. The van der Waals surface area contributed by atoms with Crippen LogP contribution in [0.3, 0.4) is 0 Å². The van der Waals surface area contributed by atoms with Crippen LogP contribution < -0.4 is 0 Å². The van der Waals surface area contributed by atoms with Gasteiger partial charge in [-0.25, -0.2) is 4.79 Å². The molecule has 0 aromatic heterocycles. The summed E-state index contributed by atoms with van der Waals surface area (Å²) < 4.78 is 48.0. The van der Waals surface area contributed by atoms with Gasteiger partial charge in [0, 0.05) is 38.1 Å². The zero-order valence-electron chi connectivity index (χ0n) is 16.5. The van der Waals surface area contributed by atoms with Crippen LogP contribution in [0.25, 0.3) is 0 Å². The number of amides is 1. The van der Waals surface area contributed by atoms with Gasteiger partial charge in [-0.15, -0.1) is 0 Å². The maximum atomic E-state index is 12.8. The Bertz CT molecular complexity index is 595. The predicted molar refractivity (Wildman–Crippen MR) is 99.6 cm³/mol. The molecule has 0 aromatic rings. The number of ether oxygens (including phenoxy) is 2. The smallest absolute Gasteiger partial charge is 0.432 e. The van der Waals surface area contributed by atoms with E-state index in [9.17, 15) is 18.0 Å². The van der Waals surface area contributed by atoms with Crippen molar-refractivity contribution in [3.63, 3.8) is 0 Å². The van der Waals surface area contributed by atoms with Gasteiger partial charge in [-0.3, -0.25) is 4.99 Å². The number of hydrogen-bond donors (Lipinski definition) is 0. The van der Waals surface area contributed by atoms with E-state index >= 15 is 0 Å². The first-order valence-corrected chi connectivity index (χ1v) is 9.06. The number of methoxy groups -OCH3 is 1. The number of aliphatic imine (C=N–C) groups is 2. The van der Waals surface area contributed by atoms with E-state index in [0.717, 1.165) is 44.4 Å². The lowest BCUT2D eigenvalue weighted by Gasteiger charge is -2.26. The molecule has 0 fully saturated rings. The summed E-state index contributed by atoms with van der Waals surface area (Å²) in [5.41, 5.74) is -0.528. The van der Waals surface area contributed by atoms with Gasteiger partial charge in [0.1, 0.15) is 0 Å². The molecule has 0 saturated carbocycles. The predicted octanol–water partition coefficient (Wildman–Crippen LogP) is 5.15. The first kappa shape index (κ1) is 23.3. The number of carbonyl (C=O) groups excluding carboxylic acids is 1. The molecule has 1 rings (SSSR count). The summed E-state index contributed by atoms with van der Waals surface area (Å²) in [6.07, 6.45) is -2.44. The second-order valence-electron chi connectivity index (χ2n) is 7.18. The van der Waals surface area contributed by atoms with Gasteiger partial charge >= 0.3 is 12.3 Å². The first-order valence-electron chi connectivity index (χ1n) is 9.06. The van der Waals surface area contributed by atoms with Crippen molar-refractivity contribution in [3.8, 4) is 0 Å². The SMILES string of the molecule is C=C1CC(CCCOC)CN=C1CC(CC)=NC(=O)OC(C)(C)C(F)(F)F. The van der Waals surface area contributed by atoms with Crippen molar-refractivity contribution >= 4 is 17.5 Å². The van der Waals surface area contributed by atoms with Crippen molar-refractivity contribution in [1.82, 2.24) is 0 Å². The Kier molecular flexibility index (Phi) is 8.65. The highest BCUT2D eigenvalue weighted by Crippen LogP contribution is 2.33. The normalized spacial score (nSPS) is 19.1. The van der Waals surface area contributed by atoms with Crippen LogP contribution in [0.1, 0.15) is 52.9 Å². The number of allylic oxidation sites excluding steroid dienone is 1. The van der Waals surface area contributed by atoms with Crippen LogP contribution in [0.15, 0.2) is 22.1 Å². The van der Waals surface area contributed by atoms with Crippen LogP contribution in [-0.2, 0) is 9.47 Å². The van der Waals surface area contributed by atoms with Gasteiger partial charge in [-0.1, -0.05) is 13.5 Å². The average molecular weight is 390 g/mol. The molecule has 0 radical (unpaired) electrons. The maximum Gasteiger partial charge on any atom is 0.434 e. The second kappa shape index (κ2) is 10.0. The lowest BCUT2D eigenvalue weighted by atomic mass is 9.88. The molecule has 0 aromatic carbocycles. The zero-order chi connectivity index (χ0) is 20.7. The van der Waals surface area contributed by atoms with Gasteiger partial charge in [0.05, 0.1) is 0 Å². The molecule has 154 valence electrons. The van der Waals surface area contributed by atoms with Crippen molar-refractivity contribution in [2.45, 2.75) is 64.7 Å². The van der Waals surface area contributed by atoms with E-state index in [4.69, 9.17) is 4.74 Å². The summed E-state index contributed by atoms with van der Waals surface area (Å²) in [5, 5.41) is 0. The zero-order valence-corrected chi connectivity index (χ0v) is 16.5. The highest BCUT2D eigenvalue weighted by atomic mass is 19.4. The highest BCUT2D eigenvalue weighted by Gasteiger charge is 2.51. The van der Waals surface area contributed by atoms with Gasteiger partial charge in [-0.05, 0) is 51.0 Å². The molecule has 1 unspecified atom stereocenters. The molecule has 5 nitrogen and oxygen atoms in total. The van der Waals surface area contributed by atoms with E-state index in [2.05, 4.69) is 21.3 Å². The van der Waals surface area contributed by atoms with E-state index in [-0.39, 0.29) is 0 Å². The summed E-state index contributed by atoms with van der Waals surface area (Å²) in [6.45, 7) is 8.80. The fourth-order valence-corrected chi connectivity index (χ4v) is 2.64. The van der Waals surface area contributed by atoms with E-state index in [1.165, 1.54) is 0 Å². The first-order chi connectivity index (χ1) is 12.5. The molecular formula is C19H29F3N2O3. The lowest BCUT2D eigenvalue weighted by Crippen LogP contribution is -2.43. The molecule has 1 aliphatic rings. The third-order valence-corrected chi connectivity index (χ3v) is 4.50. The molecule has 1 amide bonds. The molecule has 1 heterocycles. The van der Waals surface area contributed by atoms with Gasteiger partial charge in [0.15, 0.2) is 0 Å². The van der Waals surface area contributed by atoms with E-state index in [1.807, 2.05) is 0 Å². The summed E-state index contributed by atoms with van der Waals surface area (Å²) in [7, 11) is 1.67. The standard InChI is InChI=1S/C19H29F3N2O3/c1-6-15(24-17(25)27-18(3,4)19(20,21)22)11-16-13(2)10-14(12-23-16)8-7-9-26-5/h14H,2,6-12H2,1,3-5H3. The molecular weight excluding hydrogens is 361 g/mol. The van der Waals surface area contributed by atoms with Crippen LogP contribution >= 0.6 is 0 Å². The van der Waals surface area contributed by atoms with Crippen LogP contribution in [0.4, 0.5) is 18.0 Å². The van der Waals surface area contributed by atoms with E-state index in [1.54, 1.807) is 14.0 Å². The highest BCUT2D eigenvalue weighted by molar-refractivity contribution is 6.13. The second-order valence-corrected chi connectivity index (χ2v) is 7.18. The Morgan fingerprint density at radius 3 is 2.56 bits per heavy atom. The molecule has 0 aliphatic carbocycles. The van der Waals surface area contributed by atoms with Gasteiger partial charge in [-0.2, -0.15) is 18.2 Å². The number of rotatable bonds is 8. The Balaban J connectivity index is 2.71. The van der Waals surface area contributed by atoms with Gasteiger partial charge < -0.3 is 9.47 Å². The molecule has 0 N–H and O–H groups in total. The van der Waals surface area contributed by atoms with Gasteiger partial charge in [0.2, 0.25) is 5.60 Å². The minimum atomic E-state index is -4.66. The molecule has 27 heavy (non-hydrogen) atoms. The third kappa shape index (κ3) is 7.44. The van der Waals surface area contributed by atoms with Crippen LogP contribution in [0, 0.1) is 5.92 Å². The molecule has 1 aliphatic heterocycles. The number of hydrogen-bond acceptors (Lipinski definition) is 4. The Morgan fingerprint density at radius 1 is 1.37 bits per heavy atom. The monoisotopic (exact) mass is 390 g/mol. The summed E-state index contributed by atoms with van der Waals surface area (Å²) >= 11 is 0. The Hall–Kier alpha value is -1.70. The van der Waals surface area contributed by atoms with Crippen molar-refractivity contribution < 1.29 is 27.4 Å². The van der Waals surface area contributed by atoms with Crippen molar-refractivity contribution in [2.75, 3.05) is 20.3 Å². The molecule has 0 saturated heterocycles. The quantitative estimate of drug-likeness (QED) is 0.425. The fraction of sp³-hybridized carbons (Fsp3) is 0.737. The number of carbonyl (C=O) groups is 1. The maximum absolute atomic E-state index is 12.8. The topological polar surface area (TPSA) is 60.2 Å². The molecule has 0 spiro atoms. The summed E-state index contributed by atoms with van der Waals surface area (Å²) in [4.78, 5) is 20.1. The Morgan fingerprint density at radius 2 is 2.04 bits per heavy atom. The molecule has 1 atom stereocenters. The van der Waals surface area contributed by atoms with Crippen molar-refractivity contribution in [2.24, 2.45) is 15.9 Å². The van der Waals surface area contributed by atoms with Crippen LogP contribution in [0.2, 0.25) is 0 Å². The van der Waals surface area contributed by atoms with Gasteiger partial charge in [0.25, 0.3) is 0 Å². The summed E-state index contributed by atoms with van der Waals surface area (Å²) in [6, 6.07) is 0. The van der Waals surface area contributed by atoms with E-state index < -0.39 is 17.9 Å². The van der Waals surface area contributed by atoms with Crippen LogP contribution in [0.5, 0.6) is 0 Å². The van der Waals surface area contributed by atoms with Crippen LogP contribution in [-0.4, -0.2) is 49.6 Å². The fourth-order valence-electron chi connectivity index (χ4n) is 2.64. The molecule has 8 heteroatoms. The number of alkyl halides is 3.